The number of ether oxygens (including phenoxy) is 1. The van der Waals surface area contributed by atoms with Gasteiger partial charge in [-0.15, -0.1) is 0 Å². The topological polar surface area (TPSA) is 35.2 Å². The van der Waals surface area contributed by atoms with E-state index >= 15 is 0 Å². The van der Waals surface area contributed by atoms with Gasteiger partial charge in [0.15, 0.2) is 0 Å². The first-order chi connectivity index (χ1) is 8.70. The van der Waals surface area contributed by atoms with Crippen LogP contribution in [0.15, 0.2) is 48.5 Å². The molecule has 0 spiro atoms. The van der Waals surface area contributed by atoms with Crippen LogP contribution in [0.4, 0.5) is 0 Å². The van der Waals surface area contributed by atoms with Crippen molar-refractivity contribution in [3.8, 4) is 5.75 Å². The summed E-state index contributed by atoms with van der Waals surface area (Å²) in [5.41, 5.74) is 8.37. The van der Waals surface area contributed by atoms with Crippen LogP contribution in [-0.2, 0) is 6.42 Å². The van der Waals surface area contributed by atoms with Gasteiger partial charge >= 0.3 is 0 Å². The van der Waals surface area contributed by atoms with Gasteiger partial charge in [-0.05, 0) is 30.2 Å². The van der Waals surface area contributed by atoms with Crippen molar-refractivity contribution in [2.24, 2.45) is 5.73 Å². The van der Waals surface area contributed by atoms with Crippen molar-refractivity contribution in [2.75, 3.05) is 7.11 Å². The fraction of sp³-hybridized carbons (Fsp3) is 0.200. The number of halogens is 1. The molecule has 0 fully saturated rings. The summed E-state index contributed by atoms with van der Waals surface area (Å²) in [6.45, 7) is 0. The predicted octanol–water partition coefficient (Wildman–Crippen LogP) is 3.59. The zero-order valence-corrected chi connectivity index (χ0v) is 11.0. The average molecular weight is 262 g/mol. The van der Waals surface area contributed by atoms with Gasteiger partial charge in [0, 0.05) is 16.6 Å². The van der Waals surface area contributed by atoms with E-state index in [0.717, 1.165) is 28.3 Å². The maximum atomic E-state index is 6.23. The van der Waals surface area contributed by atoms with Crippen molar-refractivity contribution in [1.29, 1.82) is 0 Å². The standard InChI is InChI=1S/C15H16ClNO/c1-18-15-8-3-2-7-13(15)14(17)10-11-5-4-6-12(16)9-11/h2-9,14H,10,17H2,1H3. The molecule has 2 aromatic carbocycles. The fourth-order valence-corrected chi connectivity index (χ4v) is 2.21. The highest BCUT2D eigenvalue weighted by Crippen LogP contribution is 2.26. The molecule has 18 heavy (non-hydrogen) atoms. The minimum atomic E-state index is -0.0976. The van der Waals surface area contributed by atoms with E-state index in [4.69, 9.17) is 22.1 Å². The summed E-state index contributed by atoms with van der Waals surface area (Å²) in [6, 6.07) is 15.5. The van der Waals surface area contributed by atoms with Crippen LogP contribution in [-0.4, -0.2) is 7.11 Å². The molecule has 2 rings (SSSR count). The van der Waals surface area contributed by atoms with Crippen LogP contribution in [0.2, 0.25) is 5.02 Å². The molecule has 0 saturated heterocycles. The normalized spacial score (nSPS) is 12.2. The molecule has 2 nitrogen and oxygen atoms in total. The summed E-state index contributed by atoms with van der Waals surface area (Å²) in [6.07, 6.45) is 0.737. The monoisotopic (exact) mass is 261 g/mol. The molecule has 1 atom stereocenters. The molecule has 0 aliphatic rings. The number of hydrogen-bond acceptors (Lipinski definition) is 2. The van der Waals surface area contributed by atoms with Gasteiger partial charge < -0.3 is 10.5 Å². The van der Waals surface area contributed by atoms with Crippen molar-refractivity contribution < 1.29 is 4.74 Å². The molecular weight excluding hydrogens is 246 g/mol. The Labute approximate surface area is 112 Å². The van der Waals surface area contributed by atoms with E-state index in [1.807, 2.05) is 48.5 Å². The maximum absolute atomic E-state index is 6.23. The molecule has 3 heteroatoms. The summed E-state index contributed by atoms with van der Waals surface area (Å²) < 4.78 is 5.32. The van der Waals surface area contributed by atoms with Crippen molar-refractivity contribution in [3.05, 3.63) is 64.7 Å². The van der Waals surface area contributed by atoms with Gasteiger partial charge in [-0.3, -0.25) is 0 Å². The molecule has 0 heterocycles. The predicted molar refractivity (Wildman–Crippen MR) is 75.1 cm³/mol. The number of rotatable bonds is 4. The van der Waals surface area contributed by atoms with Crippen LogP contribution in [0.3, 0.4) is 0 Å². The first-order valence-electron chi connectivity index (χ1n) is 5.83. The zero-order chi connectivity index (χ0) is 13.0. The highest BCUT2D eigenvalue weighted by Gasteiger charge is 2.11. The molecule has 0 radical (unpaired) electrons. The van der Waals surface area contributed by atoms with Crippen LogP contribution in [0.5, 0.6) is 5.75 Å². The minimum absolute atomic E-state index is 0.0976. The Hall–Kier alpha value is -1.51. The van der Waals surface area contributed by atoms with E-state index in [0.29, 0.717) is 0 Å². The average Bonchev–Trinajstić information content (AvgIpc) is 2.38. The van der Waals surface area contributed by atoms with Crippen molar-refractivity contribution in [1.82, 2.24) is 0 Å². The quantitative estimate of drug-likeness (QED) is 0.913. The Balaban J connectivity index is 2.19. The van der Waals surface area contributed by atoms with E-state index in [1.54, 1.807) is 7.11 Å². The minimum Gasteiger partial charge on any atom is -0.496 e. The molecule has 0 saturated carbocycles. The zero-order valence-electron chi connectivity index (χ0n) is 10.3. The molecule has 2 aromatic rings. The molecule has 94 valence electrons. The lowest BCUT2D eigenvalue weighted by Gasteiger charge is -2.15. The summed E-state index contributed by atoms with van der Waals surface area (Å²) in [4.78, 5) is 0. The largest absolute Gasteiger partial charge is 0.496 e. The summed E-state index contributed by atoms with van der Waals surface area (Å²) in [5, 5.41) is 0.736. The molecule has 0 aromatic heterocycles. The van der Waals surface area contributed by atoms with Crippen molar-refractivity contribution in [2.45, 2.75) is 12.5 Å². The Kier molecular flexibility index (Phi) is 4.24. The summed E-state index contributed by atoms with van der Waals surface area (Å²) in [7, 11) is 1.66. The lowest BCUT2D eigenvalue weighted by molar-refractivity contribution is 0.405. The molecular formula is C15H16ClNO. The third-order valence-electron chi connectivity index (χ3n) is 2.88. The SMILES string of the molecule is COc1ccccc1C(N)Cc1cccc(Cl)c1. The lowest BCUT2D eigenvalue weighted by Crippen LogP contribution is -2.14. The van der Waals surface area contributed by atoms with Crippen molar-refractivity contribution >= 4 is 11.6 Å². The molecule has 0 aliphatic heterocycles. The summed E-state index contributed by atoms with van der Waals surface area (Å²) in [5.74, 6) is 0.826. The Bertz CT molecular complexity index is 527. The Morgan fingerprint density at radius 3 is 2.67 bits per heavy atom. The molecule has 1 unspecified atom stereocenters. The number of benzene rings is 2. The highest BCUT2D eigenvalue weighted by atomic mass is 35.5. The van der Waals surface area contributed by atoms with Gasteiger partial charge in [0.1, 0.15) is 5.75 Å². The van der Waals surface area contributed by atoms with Gasteiger partial charge in [-0.1, -0.05) is 41.9 Å². The van der Waals surface area contributed by atoms with Crippen LogP contribution >= 0.6 is 11.6 Å². The Morgan fingerprint density at radius 1 is 1.17 bits per heavy atom. The molecule has 0 aliphatic carbocycles. The smallest absolute Gasteiger partial charge is 0.123 e. The van der Waals surface area contributed by atoms with Gasteiger partial charge in [0.2, 0.25) is 0 Å². The van der Waals surface area contributed by atoms with Crippen LogP contribution < -0.4 is 10.5 Å². The fourth-order valence-electron chi connectivity index (χ4n) is 2.00. The second-order valence-electron chi connectivity index (χ2n) is 4.18. The van der Waals surface area contributed by atoms with Crippen molar-refractivity contribution in [3.63, 3.8) is 0 Å². The van der Waals surface area contributed by atoms with E-state index in [1.165, 1.54) is 0 Å². The van der Waals surface area contributed by atoms with Gasteiger partial charge in [0.05, 0.1) is 7.11 Å². The van der Waals surface area contributed by atoms with Crippen LogP contribution in [0, 0.1) is 0 Å². The highest BCUT2D eigenvalue weighted by molar-refractivity contribution is 6.30. The number of para-hydroxylation sites is 1. The first kappa shape index (κ1) is 12.9. The van der Waals surface area contributed by atoms with E-state index in [-0.39, 0.29) is 6.04 Å². The number of hydrogen-bond donors (Lipinski definition) is 1. The van der Waals surface area contributed by atoms with E-state index < -0.39 is 0 Å². The third-order valence-corrected chi connectivity index (χ3v) is 3.12. The van der Waals surface area contributed by atoms with E-state index in [2.05, 4.69) is 0 Å². The van der Waals surface area contributed by atoms with Gasteiger partial charge in [-0.25, -0.2) is 0 Å². The van der Waals surface area contributed by atoms with E-state index in [9.17, 15) is 0 Å². The second kappa shape index (κ2) is 5.89. The third kappa shape index (κ3) is 3.03. The summed E-state index contributed by atoms with van der Waals surface area (Å²) >= 11 is 5.97. The molecule has 2 N–H and O–H groups in total. The lowest BCUT2D eigenvalue weighted by atomic mass is 9.99. The second-order valence-corrected chi connectivity index (χ2v) is 4.62. The number of nitrogens with two attached hydrogens (primary N) is 1. The number of methoxy groups -OCH3 is 1. The van der Waals surface area contributed by atoms with Crippen LogP contribution in [0.25, 0.3) is 0 Å². The molecule has 0 bridgehead atoms. The first-order valence-corrected chi connectivity index (χ1v) is 6.21. The Morgan fingerprint density at radius 2 is 1.94 bits per heavy atom. The van der Waals surface area contributed by atoms with Crippen LogP contribution in [0.1, 0.15) is 17.2 Å². The van der Waals surface area contributed by atoms with Gasteiger partial charge in [-0.2, -0.15) is 0 Å². The van der Waals surface area contributed by atoms with Gasteiger partial charge in [0.25, 0.3) is 0 Å². The molecule has 0 amide bonds. The maximum Gasteiger partial charge on any atom is 0.123 e.